The van der Waals surface area contributed by atoms with E-state index in [9.17, 15) is 9.59 Å². The highest BCUT2D eigenvalue weighted by Gasteiger charge is 2.10. The SMILES string of the molecule is NC(=O)c1ccc(N[N]c2ncccc2C(N)=O)nc1. The van der Waals surface area contributed by atoms with Crippen LogP contribution in [0.3, 0.4) is 0 Å². The van der Waals surface area contributed by atoms with E-state index in [-0.39, 0.29) is 16.9 Å². The number of rotatable bonds is 5. The smallest absolute Gasteiger partial charge is 0.252 e. The fraction of sp³-hybridized carbons (Fsp3) is 0. The van der Waals surface area contributed by atoms with E-state index in [4.69, 9.17) is 11.5 Å². The van der Waals surface area contributed by atoms with Gasteiger partial charge >= 0.3 is 0 Å². The largest absolute Gasteiger partial charge is 0.366 e. The summed E-state index contributed by atoms with van der Waals surface area (Å²) < 4.78 is 0. The number of amides is 2. The van der Waals surface area contributed by atoms with Gasteiger partial charge in [-0.2, -0.15) is 5.43 Å². The highest BCUT2D eigenvalue weighted by molar-refractivity contribution is 5.96. The minimum atomic E-state index is -0.629. The average Bonchev–Trinajstić information content (AvgIpc) is 2.45. The van der Waals surface area contributed by atoms with Crippen molar-refractivity contribution in [2.75, 3.05) is 5.43 Å². The summed E-state index contributed by atoms with van der Waals surface area (Å²) in [5.74, 6) is -0.672. The molecule has 1 radical (unpaired) electrons. The summed E-state index contributed by atoms with van der Waals surface area (Å²) >= 11 is 0. The Hall–Kier alpha value is -3.16. The van der Waals surface area contributed by atoms with E-state index in [1.165, 1.54) is 30.6 Å². The maximum absolute atomic E-state index is 11.2. The highest BCUT2D eigenvalue weighted by Crippen LogP contribution is 2.11. The van der Waals surface area contributed by atoms with Crippen LogP contribution in [0.15, 0.2) is 36.7 Å². The van der Waals surface area contributed by atoms with Gasteiger partial charge in [0.1, 0.15) is 5.82 Å². The van der Waals surface area contributed by atoms with Crippen molar-refractivity contribution < 1.29 is 9.59 Å². The Labute approximate surface area is 114 Å². The summed E-state index contributed by atoms with van der Waals surface area (Å²) in [6.07, 6.45) is 2.80. The number of nitrogens with two attached hydrogens (primary N) is 2. The first kappa shape index (κ1) is 13.3. The molecule has 0 aliphatic carbocycles. The van der Waals surface area contributed by atoms with Crippen LogP contribution in [0.4, 0.5) is 11.6 Å². The van der Waals surface area contributed by atoms with Crippen LogP contribution in [-0.4, -0.2) is 21.8 Å². The molecule has 8 heteroatoms. The van der Waals surface area contributed by atoms with Crippen molar-refractivity contribution in [2.24, 2.45) is 11.5 Å². The molecular formula is C12H11N6O2. The minimum Gasteiger partial charge on any atom is -0.366 e. The molecule has 0 saturated heterocycles. The van der Waals surface area contributed by atoms with Crippen LogP contribution in [0.5, 0.6) is 0 Å². The van der Waals surface area contributed by atoms with Gasteiger partial charge in [0.15, 0.2) is 5.82 Å². The van der Waals surface area contributed by atoms with E-state index in [2.05, 4.69) is 20.8 Å². The standard InChI is InChI=1S/C12H11N6O2/c13-10(19)7-3-4-9(16-6-7)17-18-12-8(11(14)20)2-1-5-15-12/h1-6H,(H2,13,19)(H2,14,20)(H,16,17). The molecule has 2 amide bonds. The molecule has 5 N–H and O–H groups in total. The first-order chi connectivity index (χ1) is 9.58. The lowest BCUT2D eigenvalue weighted by molar-refractivity contribution is 0.0991. The lowest BCUT2D eigenvalue weighted by atomic mass is 10.2. The summed E-state index contributed by atoms with van der Waals surface area (Å²) in [6, 6.07) is 6.12. The minimum absolute atomic E-state index is 0.153. The van der Waals surface area contributed by atoms with Crippen molar-refractivity contribution in [3.8, 4) is 0 Å². The number of aromatic nitrogens is 2. The molecule has 2 aromatic heterocycles. The number of anilines is 1. The highest BCUT2D eigenvalue weighted by atomic mass is 16.1. The van der Waals surface area contributed by atoms with Gasteiger partial charge < -0.3 is 11.5 Å². The second-order valence-corrected chi connectivity index (χ2v) is 3.76. The predicted octanol–water partition coefficient (Wildman–Crippen LogP) is -0.0626. The normalized spacial score (nSPS) is 9.80. The molecule has 0 spiro atoms. The summed E-state index contributed by atoms with van der Waals surface area (Å²) in [5.41, 5.74) is 17.3. The van der Waals surface area contributed by atoms with Gasteiger partial charge in [0.05, 0.1) is 11.1 Å². The molecule has 0 fully saturated rings. The molecule has 0 aromatic carbocycles. The first-order valence-electron chi connectivity index (χ1n) is 5.55. The number of pyridine rings is 2. The maximum Gasteiger partial charge on any atom is 0.252 e. The Kier molecular flexibility index (Phi) is 3.75. The fourth-order valence-electron chi connectivity index (χ4n) is 1.39. The third-order valence-corrected chi connectivity index (χ3v) is 2.38. The van der Waals surface area contributed by atoms with Crippen LogP contribution in [0.2, 0.25) is 0 Å². The van der Waals surface area contributed by atoms with Crippen molar-refractivity contribution in [1.29, 1.82) is 0 Å². The van der Waals surface area contributed by atoms with Crippen LogP contribution in [0.1, 0.15) is 20.7 Å². The fourth-order valence-corrected chi connectivity index (χ4v) is 1.39. The second kappa shape index (κ2) is 5.65. The zero-order chi connectivity index (χ0) is 14.5. The zero-order valence-corrected chi connectivity index (χ0v) is 10.3. The van der Waals surface area contributed by atoms with Gasteiger partial charge in [-0.05, 0) is 24.3 Å². The number of carbonyl (C=O) groups excluding carboxylic acids is 2. The number of carbonyl (C=O) groups is 2. The van der Waals surface area contributed by atoms with Crippen LogP contribution < -0.4 is 22.3 Å². The summed E-state index contributed by atoms with van der Waals surface area (Å²) in [4.78, 5) is 29.9. The summed E-state index contributed by atoms with van der Waals surface area (Å²) in [5, 5.41) is 0. The topological polar surface area (TPSA) is 138 Å². The molecule has 101 valence electrons. The lowest BCUT2D eigenvalue weighted by Gasteiger charge is -2.07. The number of nitrogens with one attached hydrogen (secondary N) is 1. The van der Waals surface area contributed by atoms with E-state index in [0.29, 0.717) is 5.82 Å². The molecule has 0 atom stereocenters. The molecule has 2 rings (SSSR count). The van der Waals surface area contributed by atoms with E-state index in [1.54, 1.807) is 6.07 Å². The third-order valence-electron chi connectivity index (χ3n) is 2.38. The molecule has 0 aliphatic heterocycles. The van der Waals surface area contributed by atoms with Crippen molar-refractivity contribution in [2.45, 2.75) is 0 Å². The Balaban J connectivity index is 2.09. The Morgan fingerprint density at radius 2 is 1.90 bits per heavy atom. The van der Waals surface area contributed by atoms with Crippen LogP contribution in [0.25, 0.3) is 0 Å². The van der Waals surface area contributed by atoms with E-state index in [0.717, 1.165) is 0 Å². The molecule has 0 saturated carbocycles. The summed E-state index contributed by atoms with van der Waals surface area (Å²) in [6.45, 7) is 0. The van der Waals surface area contributed by atoms with Gasteiger partial charge in [-0.1, -0.05) is 0 Å². The Morgan fingerprint density at radius 1 is 1.10 bits per heavy atom. The van der Waals surface area contributed by atoms with Crippen LogP contribution in [0, 0.1) is 0 Å². The van der Waals surface area contributed by atoms with Crippen molar-refractivity contribution in [3.63, 3.8) is 0 Å². The molecule has 2 heterocycles. The number of hydrogen-bond acceptors (Lipinski definition) is 5. The van der Waals surface area contributed by atoms with Gasteiger partial charge in [-0.15, -0.1) is 0 Å². The van der Waals surface area contributed by atoms with Gasteiger partial charge in [0, 0.05) is 12.4 Å². The maximum atomic E-state index is 11.2. The molecule has 20 heavy (non-hydrogen) atoms. The molecule has 8 nitrogen and oxygen atoms in total. The van der Waals surface area contributed by atoms with Crippen LogP contribution in [-0.2, 0) is 0 Å². The van der Waals surface area contributed by atoms with Crippen LogP contribution >= 0.6 is 0 Å². The number of primary amides is 2. The molecular weight excluding hydrogens is 260 g/mol. The van der Waals surface area contributed by atoms with E-state index >= 15 is 0 Å². The zero-order valence-electron chi connectivity index (χ0n) is 10.3. The molecule has 0 unspecified atom stereocenters. The Bertz CT molecular complexity index is 641. The number of hydrogen-bond donors (Lipinski definition) is 3. The molecule has 0 bridgehead atoms. The first-order valence-corrected chi connectivity index (χ1v) is 5.55. The number of nitrogens with zero attached hydrogens (tertiary/aromatic N) is 3. The third kappa shape index (κ3) is 2.99. The predicted molar refractivity (Wildman–Crippen MR) is 70.9 cm³/mol. The lowest BCUT2D eigenvalue weighted by Crippen LogP contribution is -2.18. The van der Waals surface area contributed by atoms with Gasteiger partial charge in [-0.25, -0.2) is 9.97 Å². The van der Waals surface area contributed by atoms with E-state index < -0.39 is 11.8 Å². The van der Waals surface area contributed by atoms with Gasteiger partial charge in [0.2, 0.25) is 5.91 Å². The van der Waals surface area contributed by atoms with Crippen molar-refractivity contribution in [1.82, 2.24) is 15.4 Å². The summed E-state index contributed by atoms with van der Waals surface area (Å²) in [7, 11) is 0. The van der Waals surface area contributed by atoms with Gasteiger partial charge in [-0.3, -0.25) is 15.0 Å². The molecule has 2 aromatic rings. The Morgan fingerprint density at radius 3 is 2.50 bits per heavy atom. The average molecular weight is 271 g/mol. The molecule has 0 aliphatic rings. The van der Waals surface area contributed by atoms with Crippen molar-refractivity contribution in [3.05, 3.63) is 47.8 Å². The quantitative estimate of drug-likeness (QED) is 0.654. The van der Waals surface area contributed by atoms with Gasteiger partial charge in [0.25, 0.3) is 5.91 Å². The second-order valence-electron chi connectivity index (χ2n) is 3.76. The monoisotopic (exact) mass is 271 g/mol. The van der Waals surface area contributed by atoms with Crippen molar-refractivity contribution >= 4 is 23.5 Å². The van der Waals surface area contributed by atoms with E-state index in [1.807, 2.05) is 0 Å².